The van der Waals surface area contributed by atoms with Gasteiger partial charge in [0.25, 0.3) is 5.91 Å². The molecule has 0 bridgehead atoms. The van der Waals surface area contributed by atoms with Gasteiger partial charge in [-0.3, -0.25) is 14.4 Å². The lowest BCUT2D eigenvalue weighted by atomic mass is 10.1. The highest BCUT2D eigenvalue weighted by Crippen LogP contribution is 2.28. The maximum absolute atomic E-state index is 12.3. The predicted octanol–water partition coefficient (Wildman–Crippen LogP) is 2.49. The molecule has 0 saturated carbocycles. The number of Topliss-reactive ketones (excluding diaryl/α,β-unsaturated/α-hetero) is 1. The van der Waals surface area contributed by atoms with E-state index >= 15 is 0 Å². The molecule has 9 nitrogen and oxygen atoms in total. The minimum absolute atomic E-state index is 0.00658. The molecule has 10 heteroatoms. The number of anilines is 1. The number of rotatable bonds is 7. The van der Waals surface area contributed by atoms with Crippen LogP contribution in [-0.2, 0) is 20.7 Å². The lowest BCUT2D eigenvalue weighted by Gasteiger charge is -2.18. The van der Waals surface area contributed by atoms with E-state index < -0.39 is 18.4 Å². The van der Waals surface area contributed by atoms with Crippen LogP contribution in [0.1, 0.15) is 22.7 Å². The molecule has 0 unspecified atom stereocenters. The van der Waals surface area contributed by atoms with Crippen LogP contribution in [0.5, 0.6) is 5.75 Å². The third-order valence-corrected chi connectivity index (χ3v) is 4.77. The summed E-state index contributed by atoms with van der Waals surface area (Å²) < 4.78 is 15.4. The molecule has 1 aliphatic rings. The maximum atomic E-state index is 12.3. The van der Waals surface area contributed by atoms with Crippen molar-refractivity contribution in [2.24, 2.45) is 0 Å². The first-order chi connectivity index (χ1) is 14.1. The molecule has 4 rings (SSSR count). The topological polar surface area (TPSA) is 121 Å². The van der Waals surface area contributed by atoms with Crippen LogP contribution in [0.3, 0.4) is 0 Å². The van der Waals surface area contributed by atoms with E-state index in [0.717, 1.165) is 5.56 Å². The predicted molar refractivity (Wildman–Crippen MR) is 102 cm³/mol. The summed E-state index contributed by atoms with van der Waals surface area (Å²) in [4.78, 5) is 39.8. The Hall–Kier alpha value is -3.53. The maximum Gasteiger partial charge on any atom is 0.306 e. The van der Waals surface area contributed by atoms with Gasteiger partial charge in [0.1, 0.15) is 5.75 Å². The summed E-state index contributed by atoms with van der Waals surface area (Å²) in [5.74, 6) is 0.0335. The summed E-state index contributed by atoms with van der Waals surface area (Å²) in [5, 5.41) is 10.3. The molecule has 2 aromatic heterocycles. The van der Waals surface area contributed by atoms with Crippen molar-refractivity contribution in [2.75, 3.05) is 18.5 Å². The van der Waals surface area contributed by atoms with Crippen LogP contribution in [0.15, 0.2) is 39.5 Å². The molecule has 0 spiro atoms. The number of esters is 1. The van der Waals surface area contributed by atoms with Gasteiger partial charge in [0, 0.05) is 22.9 Å². The van der Waals surface area contributed by atoms with Crippen LogP contribution in [0.2, 0.25) is 0 Å². The summed E-state index contributed by atoms with van der Waals surface area (Å²) in [5.41, 5.74) is 1.57. The second-order valence-corrected chi connectivity index (χ2v) is 6.94. The van der Waals surface area contributed by atoms with Crippen LogP contribution in [0, 0.1) is 0 Å². The Labute approximate surface area is 168 Å². The number of hydrogen-bond acceptors (Lipinski definition) is 9. The first kappa shape index (κ1) is 18.8. The number of aryl methyl sites for hydroxylation is 1. The fraction of sp³-hybridized carbons (Fsp3) is 0.211. The van der Waals surface area contributed by atoms with E-state index in [1.54, 1.807) is 12.1 Å². The molecule has 1 N–H and O–H groups in total. The Morgan fingerprint density at radius 2 is 2.17 bits per heavy atom. The van der Waals surface area contributed by atoms with Gasteiger partial charge in [-0.2, -0.15) is 16.3 Å². The number of aromatic nitrogens is 2. The van der Waals surface area contributed by atoms with Crippen molar-refractivity contribution in [3.63, 3.8) is 0 Å². The SMILES string of the molecule is O=C1COc2ccc(C(=O)COC(=O)CCc3nc(-c4ccsc4)no3)cc2N1. The largest absolute Gasteiger partial charge is 0.482 e. The van der Waals surface area contributed by atoms with Crippen molar-refractivity contribution in [3.05, 3.63) is 46.5 Å². The highest BCUT2D eigenvalue weighted by molar-refractivity contribution is 7.08. The zero-order valence-corrected chi connectivity index (χ0v) is 15.9. The van der Waals surface area contributed by atoms with E-state index in [1.165, 1.54) is 17.4 Å². The van der Waals surface area contributed by atoms with Crippen molar-refractivity contribution in [2.45, 2.75) is 12.8 Å². The van der Waals surface area contributed by atoms with E-state index in [1.807, 2.05) is 16.8 Å². The Kier molecular flexibility index (Phi) is 5.34. The molecule has 148 valence electrons. The molecule has 3 aromatic rings. The van der Waals surface area contributed by atoms with Crippen LogP contribution in [0.4, 0.5) is 5.69 Å². The van der Waals surface area contributed by atoms with Gasteiger partial charge in [-0.25, -0.2) is 0 Å². The molecule has 0 aliphatic carbocycles. The number of carbonyl (C=O) groups is 3. The van der Waals surface area contributed by atoms with E-state index in [0.29, 0.717) is 28.7 Å². The Bertz CT molecular complexity index is 1060. The van der Waals surface area contributed by atoms with Gasteiger partial charge in [-0.15, -0.1) is 0 Å². The van der Waals surface area contributed by atoms with Gasteiger partial charge in [0.2, 0.25) is 11.7 Å². The molecular weight excluding hydrogens is 398 g/mol. The van der Waals surface area contributed by atoms with Crippen LogP contribution < -0.4 is 10.1 Å². The Morgan fingerprint density at radius 3 is 3.00 bits per heavy atom. The van der Waals surface area contributed by atoms with Gasteiger partial charge in [-0.05, 0) is 29.6 Å². The quantitative estimate of drug-likeness (QED) is 0.463. The first-order valence-corrected chi connectivity index (χ1v) is 9.63. The number of ether oxygens (including phenoxy) is 2. The summed E-state index contributed by atoms with van der Waals surface area (Å²) in [6.07, 6.45) is 0.221. The number of ketones is 1. The number of nitrogens with one attached hydrogen (secondary N) is 1. The smallest absolute Gasteiger partial charge is 0.306 e. The Morgan fingerprint density at radius 1 is 1.28 bits per heavy atom. The number of carbonyl (C=O) groups excluding carboxylic acids is 3. The molecule has 0 radical (unpaired) electrons. The lowest BCUT2D eigenvalue weighted by Crippen LogP contribution is -2.25. The number of thiophene rings is 1. The molecule has 1 aliphatic heterocycles. The van der Waals surface area contributed by atoms with Crippen LogP contribution >= 0.6 is 11.3 Å². The van der Waals surface area contributed by atoms with E-state index in [9.17, 15) is 14.4 Å². The van der Waals surface area contributed by atoms with Crippen molar-refractivity contribution < 1.29 is 28.4 Å². The number of hydrogen-bond donors (Lipinski definition) is 1. The lowest BCUT2D eigenvalue weighted by molar-refractivity contribution is -0.142. The normalized spacial score (nSPS) is 12.6. The second-order valence-electron chi connectivity index (χ2n) is 6.16. The molecule has 3 heterocycles. The fourth-order valence-electron chi connectivity index (χ4n) is 2.63. The highest BCUT2D eigenvalue weighted by Gasteiger charge is 2.19. The second kappa shape index (κ2) is 8.23. The highest BCUT2D eigenvalue weighted by atomic mass is 32.1. The first-order valence-electron chi connectivity index (χ1n) is 8.69. The fourth-order valence-corrected chi connectivity index (χ4v) is 3.27. The average molecular weight is 413 g/mol. The zero-order valence-electron chi connectivity index (χ0n) is 15.0. The van der Waals surface area contributed by atoms with Gasteiger partial charge in [0.05, 0.1) is 12.1 Å². The summed E-state index contributed by atoms with van der Waals surface area (Å²) in [7, 11) is 0. The Balaban J connectivity index is 1.27. The van der Waals surface area contributed by atoms with Gasteiger partial charge in [-0.1, -0.05) is 5.16 Å². The van der Waals surface area contributed by atoms with Crippen LogP contribution in [0.25, 0.3) is 11.4 Å². The molecule has 0 saturated heterocycles. The molecule has 0 fully saturated rings. The molecule has 0 atom stereocenters. The number of nitrogens with zero attached hydrogens (tertiary/aromatic N) is 2. The molecule has 1 amide bonds. The third-order valence-electron chi connectivity index (χ3n) is 4.09. The molecule has 1 aromatic carbocycles. The summed E-state index contributed by atoms with van der Waals surface area (Å²) in [6, 6.07) is 6.51. The number of fused-ring (bicyclic) bond motifs is 1. The van der Waals surface area contributed by atoms with Crippen molar-refractivity contribution in [1.29, 1.82) is 0 Å². The van der Waals surface area contributed by atoms with Crippen molar-refractivity contribution >= 4 is 34.7 Å². The van der Waals surface area contributed by atoms with Gasteiger partial charge >= 0.3 is 5.97 Å². The van der Waals surface area contributed by atoms with E-state index in [-0.39, 0.29) is 25.4 Å². The van der Waals surface area contributed by atoms with E-state index in [4.69, 9.17) is 14.0 Å². The minimum Gasteiger partial charge on any atom is -0.482 e. The number of benzene rings is 1. The molecular formula is C19H15N3O6S. The minimum atomic E-state index is -0.553. The molecule has 29 heavy (non-hydrogen) atoms. The van der Waals surface area contributed by atoms with Crippen molar-refractivity contribution in [3.8, 4) is 17.1 Å². The van der Waals surface area contributed by atoms with Crippen LogP contribution in [-0.4, -0.2) is 41.0 Å². The van der Waals surface area contributed by atoms with E-state index in [2.05, 4.69) is 15.5 Å². The summed E-state index contributed by atoms with van der Waals surface area (Å²) in [6.45, 7) is -0.469. The zero-order chi connectivity index (χ0) is 20.2. The number of amides is 1. The summed E-state index contributed by atoms with van der Waals surface area (Å²) >= 11 is 1.52. The van der Waals surface area contributed by atoms with Crippen molar-refractivity contribution in [1.82, 2.24) is 10.1 Å². The van der Waals surface area contributed by atoms with Gasteiger partial charge in [0.15, 0.2) is 19.0 Å². The standard InChI is InChI=1S/C19H15N3O6S/c23-14(11-1-2-15-13(7-11)20-16(24)9-26-15)8-27-18(25)4-3-17-21-19(22-28-17)12-5-6-29-10-12/h1-2,5-7,10H,3-4,8-9H2,(H,20,24). The third kappa shape index (κ3) is 4.49. The van der Waals surface area contributed by atoms with Gasteiger partial charge < -0.3 is 19.3 Å². The monoisotopic (exact) mass is 413 g/mol. The average Bonchev–Trinajstić information content (AvgIpc) is 3.41.